The van der Waals surface area contributed by atoms with Crippen molar-refractivity contribution in [2.45, 2.75) is 18.9 Å². The van der Waals surface area contributed by atoms with E-state index in [0.29, 0.717) is 17.8 Å². The van der Waals surface area contributed by atoms with E-state index in [-0.39, 0.29) is 24.3 Å². The van der Waals surface area contributed by atoms with Crippen molar-refractivity contribution >= 4 is 11.6 Å². The molecule has 4 N–H and O–H groups in total. The zero-order valence-electron chi connectivity index (χ0n) is 9.47. The van der Waals surface area contributed by atoms with Crippen molar-refractivity contribution in [2.75, 3.05) is 18.9 Å². The molecule has 0 bridgehead atoms. The number of carbonyl (C=O) groups excluding carboxylic acids is 1. The number of aliphatic hydroxyl groups is 1. The van der Waals surface area contributed by atoms with Crippen LogP contribution in [0.1, 0.15) is 23.2 Å². The minimum atomic E-state index is -0.227. The summed E-state index contributed by atoms with van der Waals surface area (Å²) in [5, 5.41) is 18.6. The van der Waals surface area contributed by atoms with Crippen LogP contribution < -0.4 is 5.73 Å². The van der Waals surface area contributed by atoms with Gasteiger partial charge in [0.15, 0.2) is 0 Å². The van der Waals surface area contributed by atoms with E-state index in [2.05, 4.69) is 0 Å². The molecular weight excluding hydrogens is 220 g/mol. The summed E-state index contributed by atoms with van der Waals surface area (Å²) in [6, 6.07) is 4.18. The van der Waals surface area contributed by atoms with E-state index in [9.17, 15) is 15.0 Å². The number of rotatable bonds is 2. The van der Waals surface area contributed by atoms with Crippen LogP contribution in [0.2, 0.25) is 0 Å². The van der Waals surface area contributed by atoms with Crippen LogP contribution >= 0.6 is 0 Å². The van der Waals surface area contributed by atoms with Gasteiger partial charge >= 0.3 is 0 Å². The summed E-state index contributed by atoms with van der Waals surface area (Å²) in [6.45, 7) is 0.587. The Morgan fingerprint density at radius 2 is 2.29 bits per heavy atom. The number of anilines is 1. The molecule has 92 valence electrons. The Morgan fingerprint density at radius 3 is 3.00 bits per heavy atom. The second-order valence-electron chi connectivity index (χ2n) is 4.25. The zero-order valence-corrected chi connectivity index (χ0v) is 9.47. The maximum atomic E-state index is 12.2. The Kier molecular flexibility index (Phi) is 3.19. The number of phenols is 1. The van der Waals surface area contributed by atoms with Crippen LogP contribution in [0.5, 0.6) is 5.75 Å². The molecule has 0 spiro atoms. The zero-order chi connectivity index (χ0) is 12.4. The number of nitrogen functional groups attached to an aromatic ring is 1. The molecule has 5 nitrogen and oxygen atoms in total. The minimum absolute atomic E-state index is 0.0160. The van der Waals surface area contributed by atoms with Gasteiger partial charge in [0.1, 0.15) is 5.75 Å². The fourth-order valence-corrected chi connectivity index (χ4v) is 2.18. The number of benzene rings is 1. The quantitative estimate of drug-likeness (QED) is 0.517. The van der Waals surface area contributed by atoms with E-state index >= 15 is 0 Å². The van der Waals surface area contributed by atoms with Crippen LogP contribution in [0.4, 0.5) is 5.69 Å². The monoisotopic (exact) mass is 236 g/mol. The summed E-state index contributed by atoms with van der Waals surface area (Å²) in [6.07, 6.45) is 1.69. The standard InChI is InChI=1S/C12H16N2O3/c13-11-4-3-9(16)6-10(11)12(17)14-5-1-2-8(14)7-15/h3-4,6,8,15-16H,1-2,5,7,13H2/t8-/m1/s1. The lowest BCUT2D eigenvalue weighted by molar-refractivity contribution is 0.0678. The lowest BCUT2D eigenvalue weighted by Gasteiger charge is -2.23. The molecule has 1 aliphatic heterocycles. The van der Waals surface area contributed by atoms with Crippen molar-refractivity contribution in [2.24, 2.45) is 0 Å². The molecule has 1 atom stereocenters. The molecular formula is C12H16N2O3. The summed E-state index contributed by atoms with van der Waals surface area (Å²) < 4.78 is 0. The molecule has 1 heterocycles. The number of amides is 1. The Balaban J connectivity index is 2.27. The molecule has 1 aliphatic rings. The van der Waals surface area contributed by atoms with Gasteiger partial charge in [-0.1, -0.05) is 0 Å². The van der Waals surface area contributed by atoms with Gasteiger partial charge in [0.2, 0.25) is 0 Å². The highest BCUT2D eigenvalue weighted by Gasteiger charge is 2.29. The molecule has 0 saturated carbocycles. The molecule has 1 aromatic rings. The molecule has 5 heteroatoms. The van der Waals surface area contributed by atoms with Crippen LogP contribution in [-0.2, 0) is 0 Å². The summed E-state index contributed by atoms with van der Waals surface area (Å²) in [5.41, 5.74) is 6.36. The van der Waals surface area contributed by atoms with Gasteiger partial charge < -0.3 is 20.8 Å². The molecule has 2 rings (SSSR count). The van der Waals surface area contributed by atoms with E-state index in [1.807, 2.05) is 0 Å². The van der Waals surface area contributed by atoms with E-state index < -0.39 is 0 Å². The van der Waals surface area contributed by atoms with Crippen molar-refractivity contribution in [1.29, 1.82) is 0 Å². The van der Waals surface area contributed by atoms with Gasteiger partial charge in [-0.2, -0.15) is 0 Å². The van der Waals surface area contributed by atoms with Crippen LogP contribution in [0.15, 0.2) is 18.2 Å². The highest BCUT2D eigenvalue weighted by molar-refractivity contribution is 5.99. The number of hydrogen-bond acceptors (Lipinski definition) is 4. The molecule has 1 saturated heterocycles. The summed E-state index contributed by atoms with van der Waals surface area (Å²) in [5.74, 6) is -0.211. The minimum Gasteiger partial charge on any atom is -0.508 e. The maximum absolute atomic E-state index is 12.2. The number of aromatic hydroxyl groups is 1. The number of nitrogens with two attached hydrogens (primary N) is 1. The Morgan fingerprint density at radius 1 is 1.53 bits per heavy atom. The van der Waals surface area contributed by atoms with Crippen LogP contribution in [-0.4, -0.2) is 40.2 Å². The average Bonchev–Trinajstić information content (AvgIpc) is 2.79. The number of likely N-dealkylation sites (tertiary alicyclic amines) is 1. The molecule has 0 unspecified atom stereocenters. The van der Waals surface area contributed by atoms with Gasteiger partial charge in [0.05, 0.1) is 18.2 Å². The number of nitrogens with zero attached hydrogens (tertiary/aromatic N) is 1. The van der Waals surface area contributed by atoms with Gasteiger partial charge in [-0.3, -0.25) is 4.79 Å². The fourth-order valence-electron chi connectivity index (χ4n) is 2.18. The molecule has 1 amide bonds. The maximum Gasteiger partial charge on any atom is 0.256 e. The molecule has 17 heavy (non-hydrogen) atoms. The normalized spacial score (nSPS) is 19.6. The topological polar surface area (TPSA) is 86.8 Å². The molecule has 1 aromatic carbocycles. The highest BCUT2D eigenvalue weighted by atomic mass is 16.3. The lowest BCUT2D eigenvalue weighted by Crippen LogP contribution is -2.37. The first kappa shape index (κ1) is 11.7. The number of carbonyl (C=O) groups is 1. The van der Waals surface area contributed by atoms with Gasteiger partial charge in [-0.05, 0) is 31.0 Å². The second-order valence-corrected chi connectivity index (χ2v) is 4.25. The fraction of sp³-hybridized carbons (Fsp3) is 0.417. The van der Waals surface area contributed by atoms with Gasteiger partial charge in [-0.15, -0.1) is 0 Å². The third-order valence-corrected chi connectivity index (χ3v) is 3.12. The van der Waals surface area contributed by atoms with Crippen molar-refractivity contribution in [3.8, 4) is 5.75 Å². The predicted molar refractivity (Wildman–Crippen MR) is 63.7 cm³/mol. The Hall–Kier alpha value is -1.75. The van der Waals surface area contributed by atoms with Crippen LogP contribution in [0, 0.1) is 0 Å². The van der Waals surface area contributed by atoms with Gasteiger partial charge in [-0.25, -0.2) is 0 Å². The van der Waals surface area contributed by atoms with Crippen LogP contribution in [0.3, 0.4) is 0 Å². The summed E-state index contributed by atoms with van der Waals surface area (Å²) in [4.78, 5) is 13.8. The Bertz CT molecular complexity index is 434. The first-order valence-corrected chi connectivity index (χ1v) is 5.64. The molecule has 0 radical (unpaired) electrons. The molecule has 0 aliphatic carbocycles. The first-order valence-electron chi connectivity index (χ1n) is 5.64. The average molecular weight is 236 g/mol. The smallest absolute Gasteiger partial charge is 0.256 e. The van der Waals surface area contributed by atoms with E-state index in [1.165, 1.54) is 18.2 Å². The summed E-state index contributed by atoms with van der Waals surface area (Å²) in [7, 11) is 0. The SMILES string of the molecule is Nc1ccc(O)cc1C(=O)N1CCC[C@@H]1CO. The second kappa shape index (κ2) is 4.63. The van der Waals surface area contributed by atoms with E-state index in [0.717, 1.165) is 12.8 Å². The third kappa shape index (κ3) is 2.19. The number of aliphatic hydroxyl groups excluding tert-OH is 1. The largest absolute Gasteiger partial charge is 0.508 e. The van der Waals surface area contributed by atoms with Crippen molar-refractivity contribution < 1.29 is 15.0 Å². The van der Waals surface area contributed by atoms with E-state index in [1.54, 1.807) is 4.90 Å². The van der Waals surface area contributed by atoms with Crippen molar-refractivity contribution in [3.63, 3.8) is 0 Å². The number of phenolic OH excluding ortho intramolecular Hbond substituents is 1. The molecule has 0 aromatic heterocycles. The van der Waals surface area contributed by atoms with Crippen molar-refractivity contribution in [3.05, 3.63) is 23.8 Å². The summed E-state index contributed by atoms with van der Waals surface area (Å²) >= 11 is 0. The molecule has 1 fully saturated rings. The first-order chi connectivity index (χ1) is 8.13. The van der Waals surface area contributed by atoms with E-state index in [4.69, 9.17) is 5.73 Å². The Labute approximate surface area is 99.5 Å². The van der Waals surface area contributed by atoms with Crippen LogP contribution in [0.25, 0.3) is 0 Å². The number of hydrogen-bond donors (Lipinski definition) is 3. The lowest BCUT2D eigenvalue weighted by atomic mass is 10.1. The highest BCUT2D eigenvalue weighted by Crippen LogP contribution is 2.24. The predicted octanol–water partition coefficient (Wildman–Crippen LogP) is 0.571. The van der Waals surface area contributed by atoms with Gasteiger partial charge in [0.25, 0.3) is 5.91 Å². The van der Waals surface area contributed by atoms with Gasteiger partial charge in [0, 0.05) is 12.2 Å². The third-order valence-electron chi connectivity index (χ3n) is 3.12. The van der Waals surface area contributed by atoms with Crippen molar-refractivity contribution in [1.82, 2.24) is 4.90 Å².